The van der Waals surface area contributed by atoms with Gasteiger partial charge < -0.3 is 29.0 Å². The van der Waals surface area contributed by atoms with E-state index in [4.69, 9.17) is 18.9 Å². The fourth-order valence-electron chi connectivity index (χ4n) is 7.62. The van der Waals surface area contributed by atoms with Crippen molar-refractivity contribution in [3.8, 4) is 28.7 Å². The summed E-state index contributed by atoms with van der Waals surface area (Å²) in [4.78, 5) is 28.3. The van der Waals surface area contributed by atoms with Gasteiger partial charge in [-0.05, 0) is 97.0 Å². The van der Waals surface area contributed by atoms with Crippen LogP contribution in [0.4, 0.5) is 10.1 Å². The van der Waals surface area contributed by atoms with Gasteiger partial charge in [0.15, 0.2) is 5.79 Å². The first-order chi connectivity index (χ1) is 29.6. The second-order valence-corrected chi connectivity index (χ2v) is 17.9. The minimum Gasteiger partial charge on any atom is -0.489 e. The van der Waals surface area contributed by atoms with Crippen LogP contribution in [0.5, 0.6) is 5.75 Å². The predicted octanol–water partition coefficient (Wildman–Crippen LogP) is 7.73. The quantitative estimate of drug-likeness (QED) is 0.0652. The molecule has 3 atom stereocenters. The topological polar surface area (TPSA) is 141 Å². The zero-order valence-corrected chi connectivity index (χ0v) is 35.8. The Hall–Kier alpha value is -5.88. The van der Waals surface area contributed by atoms with Crippen LogP contribution in [0.15, 0.2) is 121 Å². The molecule has 0 aliphatic carbocycles. The van der Waals surface area contributed by atoms with E-state index in [1.165, 1.54) is 19.1 Å². The minimum atomic E-state index is -3.39. The van der Waals surface area contributed by atoms with Crippen molar-refractivity contribution in [3.05, 3.63) is 155 Å². The molecule has 2 N–H and O–H groups in total. The van der Waals surface area contributed by atoms with Gasteiger partial charge >= 0.3 is 5.97 Å². The van der Waals surface area contributed by atoms with Crippen LogP contribution in [0.2, 0.25) is 0 Å². The van der Waals surface area contributed by atoms with Gasteiger partial charge in [-0.25, -0.2) is 17.5 Å². The number of carbonyl (C=O) groups is 2. The molecule has 2 heterocycles. The number of rotatable bonds is 14. The summed E-state index contributed by atoms with van der Waals surface area (Å²) in [5.41, 5.74) is 4.67. The lowest BCUT2D eigenvalue weighted by Crippen LogP contribution is -2.55. The molecule has 11 nitrogen and oxygen atoms in total. The standard InChI is InChI=1S/C49H49FN2O9S/c1-33(53)61-44(37-16-21-40(50)22-17-37)27-26-43-46(52(47(43)54)41-23-12-34(13-24-41)11-8-28-51-62(4,56)57)42-25-18-38(29-45(42)58-30-35-9-6-5-7-10-35)36-14-19-39(20-15-36)49(55)31-59-48(2,3)60-32-49/h5-7,9-10,12-25,29,43-44,46,51,55H,26-28,30-32H2,1-4H3/t43-,44+,46-/m1/s1. The number of anilines is 1. The SMILES string of the molecule is CC(=O)O[C@@H](CC[C@H]1C(=O)N(c2ccc(C#CCNS(C)(=O)=O)cc2)[C@@H]1c1ccc(-c2ccc(C3(O)COC(C)(C)OC3)cc2)cc1OCc1ccccc1)c1ccc(F)cc1. The molecule has 5 aromatic rings. The smallest absolute Gasteiger partial charge is 0.303 e. The number of aliphatic hydroxyl groups is 1. The van der Waals surface area contributed by atoms with Crippen LogP contribution in [0, 0.1) is 23.6 Å². The highest BCUT2D eigenvalue weighted by molar-refractivity contribution is 7.88. The minimum absolute atomic E-state index is 0.0439. The summed E-state index contributed by atoms with van der Waals surface area (Å²) in [5.74, 6) is 3.93. The second kappa shape index (κ2) is 18.6. The van der Waals surface area contributed by atoms with Crippen LogP contribution in [0.25, 0.3) is 11.1 Å². The highest BCUT2D eigenvalue weighted by Crippen LogP contribution is 2.50. The molecular formula is C49H49FN2O9S. The molecule has 2 aliphatic heterocycles. The Morgan fingerprint density at radius 3 is 2.24 bits per heavy atom. The number of sulfonamides is 1. The van der Waals surface area contributed by atoms with E-state index in [2.05, 4.69) is 16.6 Å². The first-order valence-corrected chi connectivity index (χ1v) is 22.2. The normalized spacial score (nSPS) is 18.5. The van der Waals surface area contributed by atoms with Gasteiger partial charge in [0, 0.05) is 23.7 Å². The third-order valence-corrected chi connectivity index (χ3v) is 11.6. The van der Waals surface area contributed by atoms with Crippen LogP contribution in [0.3, 0.4) is 0 Å². The highest BCUT2D eigenvalue weighted by Gasteiger charge is 2.50. The molecule has 7 rings (SSSR count). The molecule has 0 bridgehead atoms. The fourth-order valence-corrected chi connectivity index (χ4v) is 7.96. The van der Waals surface area contributed by atoms with Gasteiger partial charge in [0.1, 0.15) is 29.9 Å². The largest absolute Gasteiger partial charge is 0.489 e. The van der Waals surface area contributed by atoms with Crippen molar-refractivity contribution in [3.63, 3.8) is 0 Å². The summed E-state index contributed by atoms with van der Waals surface area (Å²) < 4.78 is 63.0. The maximum absolute atomic E-state index is 14.4. The van der Waals surface area contributed by atoms with Gasteiger partial charge in [-0.1, -0.05) is 90.7 Å². The van der Waals surface area contributed by atoms with Crippen LogP contribution in [-0.4, -0.2) is 57.2 Å². The predicted molar refractivity (Wildman–Crippen MR) is 233 cm³/mol. The molecular weight excluding hydrogens is 812 g/mol. The Bertz CT molecular complexity index is 2550. The zero-order chi connectivity index (χ0) is 44.1. The van der Waals surface area contributed by atoms with Gasteiger partial charge in [0.2, 0.25) is 15.9 Å². The van der Waals surface area contributed by atoms with Crippen LogP contribution in [0.1, 0.15) is 73.6 Å². The van der Waals surface area contributed by atoms with Crippen molar-refractivity contribution in [1.82, 2.24) is 4.72 Å². The zero-order valence-electron chi connectivity index (χ0n) is 35.0. The number of hydrogen-bond acceptors (Lipinski definition) is 9. The molecule has 13 heteroatoms. The Kier molecular flexibility index (Phi) is 13.3. The molecule has 62 heavy (non-hydrogen) atoms. The molecule has 0 unspecified atom stereocenters. The second-order valence-electron chi connectivity index (χ2n) is 16.0. The number of hydrogen-bond donors (Lipinski definition) is 2. The molecule has 5 aromatic carbocycles. The van der Waals surface area contributed by atoms with Gasteiger partial charge in [0.05, 0.1) is 38.0 Å². The molecule has 2 saturated heterocycles. The average Bonchev–Trinajstić information content (AvgIpc) is 3.25. The molecule has 0 saturated carbocycles. The Morgan fingerprint density at radius 1 is 0.935 bits per heavy atom. The summed E-state index contributed by atoms with van der Waals surface area (Å²) in [6.45, 7) is 5.33. The number of halogens is 1. The van der Waals surface area contributed by atoms with Crippen LogP contribution >= 0.6 is 0 Å². The summed E-state index contributed by atoms with van der Waals surface area (Å²) >= 11 is 0. The maximum Gasteiger partial charge on any atom is 0.303 e. The first-order valence-electron chi connectivity index (χ1n) is 20.3. The molecule has 0 aromatic heterocycles. The third kappa shape index (κ3) is 10.8. The number of amides is 1. The monoisotopic (exact) mass is 860 g/mol. The van der Waals surface area contributed by atoms with Gasteiger partial charge in [-0.15, -0.1) is 0 Å². The van der Waals surface area contributed by atoms with E-state index in [0.29, 0.717) is 41.0 Å². The van der Waals surface area contributed by atoms with Gasteiger partial charge in [-0.2, -0.15) is 0 Å². The van der Waals surface area contributed by atoms with Crippen molar-refractivity contribution < 1.29 is 46.5 Å². The molecule has 322 valence electrons. The van der Waals surface area contributed by atoms with Gasteiger partial charge in [0.25, 0.3) is 0 Å². The molecule has 0 spiro atoms. The van der Waals surface area contributed by atoms with E-state index in [1.54, 1.807) is 41.3 Å². The number of β-lactam (4-membered cyclic amide) rings is 1. The summed E-state index contributed by atoms with van der Waals surface area (Å²) in [6.07, 6.45) is 0.990. The van der Waals surface area contributed by atoms with Crippen LogP contribution in [-0.2, 0) is 46.0 Å². The highest BCUT2D eigenvalue weighted by atomic mass is 32.2. The lowest BCUT2D eigenvalue weighted by Gasteiger charge is -2.48. The number of ether oxygens (including phenoxy) is 4. The van der Waals surface area contributed by atoms with E-state index >= 15 is 0 Å². The molecule has 1 amide bonds. The number of esters is 1. The van der Waals surface area contributed by atoms with E-state index in [0.717, 1.165) is 28.5 Å². The van der Waals surface area contributed by atoms with Crippen LogP contribution < -0.4 is 14.4 Å². The third-order valence-electron chi connectivity index (χ3n) is 10.9. The van der Waals surface area contributed by atoms with Crippen molar-refractivity contribution in [2.24, 2.45) is 5.92 Å². The first kappa shape index (κ1) is 44.2. The van der Waals surface area contributed by atoms with Crippen molar-refractivity contribution >= 4 is 27.6 Å². The van der Waals surface area contributed by atoms with Crippen molar-refractivity contribution in [2.45, 2.75) is 63.8 Å². The van der Waals surface area contributed by atoms with E-state index < -0.39 is 51.3 Å². The number of nitrogens with zero attached hydrogens (tertiary/aromatic N) is 1. The average molecular weight is 861 g/mol. The lowest BCUT2D eigenvalue weighted by atomic mass is 9.77. The van der Waals surface area contributed by atoms with Gasteiger partial charge in [-0.3, -0.25) is 9.59 Å². The number of benzene rings is 5. The molecule has 2 aliphatic rings. The number of nitrogens with one attached hydrogen (secondary N) is 1. The molecule has 2 fully saturated rings. The number of carbonyl (C=O) groups excluding carboxylic acids is 2. The van der Waals surface area contributed by atoms with Crippen molar-refractivity contribution in [2.75, 3.05) is 30.9 Å². The summed E-state index contributed by atoms with van der Waals surface area (Å²) in [5, 5.41) is 11.4. The maximum atomic E-state index is 14.4. The van der Waals surface area contributed by atoms with E-state index in [-0.39, 0.29) is 32.3 Å². The Balaban J connectivity index is 1.23. The lowest BCUT2D eigenvalue weighted by molar-refractivity contribution is -0.305. The fraction of sp³-hybridized carbons (Fsp3) is 0.306. The summed E-state index contributed by atoms with van der Waals surface area (Å²) in [6, 6.07) is 35.7. The Morgan fingerprint density at radius 2 is 1.60 bits per heavy atom. The van der Waals surface area contributed by atoms with E-state index in [1.807, 2.05) is 86.6 Å². The summed E-state index contributed by atoms with van der Waals surface area (Å²) in [7, 11) is -3.39. The van der Waals surface area contributed by atoms with E-state index in [9.17, 15) is 27.5 Å². The Labute approximate surface area is 361 Å². The van der Waals surface area contributed by atoms with Crippen molar-refractivity contribution in [1.29, 1.82) is 0 Å². The molecule has 0 radical (unpaired) electrons.